The normalized spacial score (nSPS) is 12.5. The van der Waals surface area contributed by atoms with E-state index in [-0.39, 0.29) is 17.8 Å². The molecule has 0 saturated carbocycles. The molecule has 3 aromatic rings. The minimum absolute atomic E-state index is 0.0649. The van der Waals surface area contributed by atoms with Gasteiger partial charge in [0.15, 0.2) is 0 Å². The highest BCUT2D eigenvalue weighted by molar-refractivity contribution is 7.17. The van der Waals surface area contributed by atoms with E-state index in [0.29, 0.717) is 12.2 Å². The first kappa shape index (κ1) is 15.7. The Balaban J connectivity index is 1.96. The summed E-state index contributed by atoms with van der Waals surface area (Å²) < 4.78 is 16.2. The lowest BCUT2D eigenvalue weighted by Crippen LogP contribution is -2.33. The maximum atomic E-state index is 13.1. The Hall–Kier alpha value is -2.14. The number of halogens is 1. The van der Waals surface area contributed by atoms with Gasteiger partial charge < -0.3 is 9.88 Å². The number of amides is 1. The molecule has 0 radical (unpaired) electrons. The van der Waals surface area contributed by atoms with E-state index in [1.165, 1.54) is 12.1 Å². The average Bonchev–Trinajstić information content (AvgIpc) is 3.12. The second-order valence-electron chi connectivity index (χ2n) is 5.70. The number of nitrogens with zero attached hydrogens (tertiary/aromatic N) is 1. The van der Waals surface area contributed by atoms with Gasteiger partial charge in [-0.1, -0.05) is 19.1 Å². The molecule has 0 aliphatic carbocycles. The summed E-state index contributed by atoms with van der Waals surface area (Å²) in [6, 6.07) is 10.5. The molecule has 23 heavy (non-hydrogen) atoms. The molecule has 0 unspecified atom stereocenters. The van der Waals surface area contributed by atoms with Crippen LogP contribution in [0.3, 0.4) is 0 Å². The van der Waals surface area contributed by atoms with Gasteiger partial charge in [0, 0.05) is 12.6 Å². The number of nitrogens with one attached hydrogen (secondary N) is 1. The summed E-state index contributed by atoms with van der Waals surface area (Å²) in [5, 5.41) is 5.03. The van der Waals surface area contributed by atoms with Crippen LogP contribution in [0.15, 0.2) is 41.8 Å². The highest BCUT2D eigenvalue weighted by Gasteiger charge is 2.17. The highest BCUT2D eigenvalue weighted by Crippen LogP contribution is 2.26. The molecule has 120 valence electrons. The average molecular weight is 330 g/mol. The van der Waals surface area contributed by atoms with Gasteiger partial charge in [-0.3, -0.25) is 4.79 Å². The zero-order chi connectivity index (χ0) is 16.4. The second-order valence-corrected chi connectivity index (χ2v) is 6.64. The van der Waals surface area contributed by atoms with Crippen molar-refractivity contribution >= 4 is 27.5 Å². The third kappa shape index (κ3) is 3.29. The van der Waals surface area contributed by atoms with Crippen LogP contribution in [0.1, 0.15) is 36.3 Å². The maximum Gasteiger partial charge on any atom is 0.268 e. The Morgan fingerprint density at radius 1 is 1.30 bits per heavy atom. The molecular formula is C18H19FN2OS. The quantitative estimate of drug-likeness (QED) is 0.738. The lowest BCUT2D eigenvalue weighted by atomic mass is 10.2. The minimum Gasteiger partial charge on any atom is -0.348 e. The topological polar surface area (TPSA) is 34.0 Å². The van der Waals surface area contributed by atoms with Crippen LogP contribution >= 0.6 is 11.3 Å². The van der Waals surface area contributed by atoms with Crippen LogP contribution in [0.2, 0.25) is 0 Å². The maximum absolute atomic E-state index is 13.1. The number of benzene rings is 1. The number of rotatable bonds is 5. The van der Waals surface area contributed by atoms with Crippen molar-refractivity contribution in [3.8, 4) is 0 Å². The summed E-state index contributed by atoms with van der Waals surface area (Å²) in [6.45, 7) is 4.58. The van der Waals surface area contributed by atoms with Gasteiger partial charge in [-0.05, 0) is 48.6 Å². The summed E-state index contributed by atoms with van der Waals surface area (Å²) in [7, 11) is 0. The van der Waals surface area contributed by atoms with Gasteiger partial charge in [-0.2, -0.15) is 0 Å². The second kappa shape index (κ2) is 6.54. The van der Waals surface area contributed by atoms with Crippen molar-refractivity contribution in [2.75, 3.05) is 0 Å². The molecule has 2 heterocycles. The minimum atomic E-state index is -0.253. The van der Waals surface area contributed by atoms with Crippen molar-refractivity contribution in [2.45, 2.75) is 32.9 Å². The Bertz CT molecular complexity index is 819. The largest absolute Gasteiger partial charge is 0.348 e. The van der Waals surface area contributed by atoms with Crippen molar-refractivity contribution in [3.63, 3.8) is 0 Å². The standard InChI is InChI=1S/C18H19FN2OS/c1-3-12(2)20-18(22)16-10-17-15(8-9-23-17)21(16)11-13-4-6-14(19)7-5-13/h4-10,12H,3,11H2,1-2H3,(H,20,22)/t12-/m1/s1. The van der Waals surface area contributed by atoms with Crippen LogP contribution in [-0.2, 0) is 6.54 Å². The van der Waals surface area contributed by atoms with E-state index in [2.05, 4.69) is 5.32 Å². The van der Waals surface area contributed by atoms with Gasteiger partial charge in [-0.15, -0.1) is 11.3 Å². The molecule has 3 nitrogen and oxygen atoms in total. The van der Waals surface area contributed by atoms with Gasteiger partial charge >= 0.3 is 0 Å². The first-order chi connectivity index (χ1) is 11.1. The van der Waals surface area contributed by atoms with Crippen LogP contribution in [-0.4, -0.2) is 16.5 Å². The summed E-state index contributed by atoms with van der Waals surface area (Å²) in [5.74, 6) is -0.318. The lowest BCUT2D eigenvalue weighted by Gasteiger charge is -2.14. The predicted octanol–water partition coefficient (Wildman–Crippen LogP) is 4.42. The van der Waals surface area contributed by atoms with E-state index in [0.717, 1.165) is 22.2 Å². The first-order valence-corrected chi connectivity index (χ1v) is 8.58. The van der Waals surface area contributed by atoms with Crippen molar-refractivity contribution in [2.24, 2.45) is 0 Å². The fourth-order valence-corrected chi connectivity index (χ4v) is 3.33. The smallest absolute Gasteiger partial charge is 0.268 e. The van der Waals surface area contributed by atoms with Gasteiger partial charge in [-0.25, -0.2) is 4.39 Å². The van der Waals surface area contributed by atoms with E-state index in [1.807, 2.05) is 35.9 Å². The number of fused-ring (bicyclic) bond motifs is 1. The van der Waals surface area contributed by atoms with Crippen LogP contribution < -0.4 is 5.32 Å². The molecule has 1 amide bonds. The molecule has 1 N–H and O–H groups in total. The Morgan fingerprint density at radius 3 is 2.74 bits per heavy atom. The third-order valence-electron chi connectivity index (χ3n) is 4.00. The Kier molecular flexibility index (Phi) is 4.48. The molecular weight excluding hydrogens is 311 g/mol. The monoisotopic (exact) mass is 330 g/mol. The first-order valence-electron chi connectivity index (χ1n) is 7.70. The van der Waals surface area contributed by atoms with Gasteiger partial charge in [0.25, 0.3) is 5.91 Å². The number of carbonyl (C=O) groups is 1. The summed E-state index contributed by atoms with van der Waals surface area (Å²) in [5.41, 5.74) is 2.65. The number of carbonyl (C=O) groups excluding carboxylic acids is 1. The van der Waals surface area contributed by atoms with Gasteiger partial charge in [0.2, 0.25) is 0 Å². The fourth-order valence-electron chi connectivity index (χ4n) is 2.51. The van der Waals surface area contributed by atoms with Crippen LogP contribution in [0.5, 0.6) is 0 Å². The van der Waals surface area contributed by atoms with Gasteiger partial charge in [0.1, 0.15) is 11.5 Å². The molecule has 3 rings (SSSR count). The number of hydrogen-bond acceptors (Lipinski definition) is 2. The summed E-state index contributed by atoms with van der Waals surface area (Å²) in [4.78, 5) is 12.6. The van der Waals surface area contributed by atoms with Gasteiger partial charge in [0.05, 0.1) is 10.2 Å². The fraction of sp³-hybridized carbons (Fsp3) is 0.278. The van der Waals surface area contributed by atoms with E-state index >= 15 is 0 Å². The van der Waals surface area contributed by atoms with E-state index < -0.39 is 0 Å². The molecule has 0 aliphatic heterocycles. The number of hydrogen-bond donors (Lipinski definition) is 1. The summed E-state index contributed by atoms with van der Waals surface area (Å²) in [6.07, 6.45) is 0.888. The highest BCUT2D eigenvalue weighted by atomic mass is 32.1. The van der Waals surface area contributed by atoms with E-state index in [9.17, 15) is 9.18 Å². The third-order valence-corrected chi connectivity index (χ3v) is 4.85. The molecule has 0 spiro atoms. The molecule has 0 aliphatic rings. The SMILES string of the molecule is CC[C@@H](C)NC(=O)c1cc2sccc2n1Cc1ccc(F)cc1. The number of thiophene rings is 1. The van der Waals surface area contributed by atoms with E-state index in [4.69, 9.17) is 0 Å². The molecule has 0 saturated heterocycles. The molecule has 5 heteroatoms. The zero-order valence-corrected chi connectivity index (χ0v) is 14.0. The van der Waals surface area contributed by atoms with Crippen molar-refractivity contribution in [1.29, 1.82) is 0 Å². The van der Waals surface area contributed by atoms with E-state index in [1.54, 1.807) is 23.5 Å². The molecule has 1 atom stereocenters. The number of aromatic nitrogens is 1. The van der Waals surface area contributed by atoms with Crippen LogP contribution in [0.4, 0.5) is 4.39 Å². The Morgan fingerprint density at radius 2 is 2.04 bits per heavy atom. The van der Waals surface area contributed by atoms with Crippen molar-refractivity contribution < 1.29 is 9.18 Å². The van der Waals surface area contributed by atoms with Crippen molar-refractivity contribution in [3.05, 3.63) is 58.9 Å². The van der Waals surface area contributed by atoms with Crippen LogP contribution in [0, 0.1) is 5.82 Å². The Labute approximate surface area is 138 Å². The molecule has 2 aromatic heterocycles. The summed E-state index contributed by atoms with van der Waals surface area (Å²) >= 11 is 1.62. The molecule has 1 aromatic carbocycles. The van der Waals surface area contributed by atoms with Crippen molar-refractivity contribution in [1.82, 2.24) is 9.88 Å². The predicted molar refractivity (Wildman–Crippen MR) is 92.5 cm³/mol. The molecule has 0 fully saturated rings. The van der Waals surface area contributed by atoms with Crippen LogP contribution in [0.25, 0.3) is 10.2 Å². The zero-order valence-electron chi connectivity index (χ0n) is 13.2. The lowest BCUT2D eigenvalue weighted by molar-refractivity contribution is 0.0931. The molecule has 0 bridgehead atoms.